The molecule has 2 aromatic carbocycles. The van der Waals surface area contributed by atoms with Crippen LogP contribution in [0.4, 0.5) is 0 Å². The SMILES string of the molecule is Cn1c(-c2ccc(CN3CCCC3)cc2)cc2oc(-c3ccccc3SCCO)nc2c1=O. The molecule has 1 saturated heterocycles. The zero-order valence-corrected chi connectivity index (χ0v) is 19.5. The number of thioether (sulfide) groups is 1. The Bertz CT molecular complexity index is 1320. The van der Waals surface area contributed by atoms with E-state index in [1.165, 1.54) is 43.3 Å². The van der Waals surface area contributed by atoms with Crippen LogP contribution < -0.4 is 5.56 Å². The highest BCUT2D eigenvalue weighted by atomic mass is 32.2. The normalized spacial score (nSPS) is 14.4. The Kier molecular flexibility index (Phi) is 6.35. The first-order valence-corrected chi connectivity index (χ1v) is 12.3. The van der Waals surface area contributed by atoms with E-state index < -0.39 is 0 Å². The third kappa shape index (κ3) is 4.49. The van der Waals surface area contributed by atoms with Crippen LogP contribution in [0.2, 0.25) is 0 Å². The van der Waals surface area contributed by atoms with E-state index in [1.807, 2.05) is 30.3 Å². The van der Waals surface area contributed by atoms with Gasteiger partial charge in [0.25, 0.3) is 5.56 Å². The van der Waals surface area contributed by atoms with Gasteiger partial charge in [-0.25, -0.2) is 4.98 Å². The molecule has 0 radical (unpaired) electrons. The summed E-state index contributed by atoms with van der Waals surface area (Å²) in [6.45, 7) is 3.40. The van der Waals surface area contributed by atoms with Gasteiger partial charge in [-0.2, -0.15) is 0 Å². The molecule has 6 nitrogen and oxygen atoms in total. The highest BCUT2D eigenvalue weighted by Crippen LogP contribution is 2.33. The van der Waals surface area contributed by atoms with E-state index in [1.54, 1.807) is 11.6 Å². The third-order valence-corrected chi connectivity index (χ3v) is 7.16. The molecular weight excluding hydrogens is 434 g/mol. The van der Waals surface area contributed by atoms with Crippen molar-refractivity contribution in [2.24, 2.45) is 7.05 Å². The molecule has 0 amide bonds. The minimum atomic E-state index is -0.181. The maximum absolute atomic E-state index is 13.1. The number of aliphatic hydroxyl groups excluding tert-OH is 1. The van der Waals surface area contributed by atoms with Gasteiger partial charge in [0, 0.05) is 30.3 Å². The van der Waals surface area contributed by atoms with Crippen LogP contribution in [0.5, 0.6) is 0 Å². The Labute approximate surface area is 196 Å². The number of nitrogens with zero attached hydrogens (tertiary/aromatic N) is 3. The summed E-state index contributed by atoms with van der Waals surface area (Å²) < 4.78 is 7.71. The number of aromatic nitrogens is 2. The number of rotatable bonds is 7. The zero-order valence-electron chi connectivity index (χ0n) is 18.7. The van der Waals surface area contributed by atoms with Crippen molar-refractivity contribution in [3.8, 4) is 22.7 Å². The van der Waals surface area contributed by atoms with Crippen molar-refractivity contribution in [1.29, 1.82) is 0 Å². The van der Waals surface area contributed by atoms with Crippen LogP contribution in [-0.2, 0) is 13.6 Å². The van der Waals surface area contributed by atoms with Crippen LogP contribution in [0.1, 0.15) is 18.4 Å². The molecule has 0 aliphatic carbocycles. The first-order valence-electron chi connectivity index (χ1n) is 11.3. The highest BCUT2D eigenvalue weighted by molar-refractivity contribution is 7.99. The van der Waals surface area contributed by atoms with E-state index in [-0.39, 0.29) is 12.2 Å². The zero-order chi connectivity index (χ0) is 22.8. The van der Waals surface area contributed by atoms with Crippen molar-refractivity contribution in [3.63, 3.8) is 0 Å². The maximum Gasteiger partial charge on any atom is 0.280 e. The summed E-state index contributed by atoms with van der Waals surface area (Å²) in [6.07, 6.45) is 2.56. The minimum absolute atomic E-state index is 0.0906. The summed E-state index contributed by atoms with van der Waals surface area (Å²) in [5.41, 5.74) is 4.49. The number of hydrogen-bond donors (Lipinski definition) is 1. The van der Waals surface area contributed by atoms with Gasteiger partial charge in [0.1, 0.15) is 0 Å². The molecule has 0 saturated carbocycles. The maximum atomic E-state index is 13.1. The minimum Gasteiger partial charge on any atom is -0.436 e. The molecule has 0 unspecified atom stereocenters. The smallest absolute Gasteiger partial charge is 0.280 e. The first kappa shape index (κ1) is 21.9. The van der Waals surface area contributed by atoms with Crippen molar-refractivity contribution < 1.29 is 9.52 Å². The standard InChI is InChI=1S/C26H27N3O3S/c1-28-21(19-10-8-18(9-11-19)17-29-12-4-5-13-29)16-22-24(26(28)31)27-25(32-22)20-6-2-3-7-23(20)33-15-14-30/h2-3,6-11,16,30H,4-5,12-15,17H2,1H3. The van der Waals surface area contributed by atoms with Crippen molar-refractivity contribution in [3.05, 3.63) is 70.5 Å². The van der Waals surface area contributed by atoms with Crippen molar-refractivity contribution in [2.45, 2.75) is 24.3 Å². The summed E-state index contributed by atoms with van der Waals surface area (Å²) >= 11 is 1.53. The van der Waals surface area contributed by atoms with E-state index >= 15 is 0 Å². The van der Waals surface area contributed by atoms with E-state index in [0.29, 0.717) is 22.7 Å². The molecule has 1 aliphatic rings. The number of aliphatic hydroxyl groups is 1. The van der Waals surface area contributed by atoms with Gasteiger partial charge in [-0.05, 0) is 49.2 Å². The van der Waals surface area contributed by atoms with Gasteiger partial charge in [-0.15, -0.1) is 11.8 Å². The number of likely N-dealkylation sites (tertiary alicyclic amines) is 1. The molecule has 0 bridgehead atoms. The van der Waals surface area contributed by atoms with Gasteiger partial charge in [0.15, 0.2) is 11.1 Å². The molecule has 3 heterocycles. The molecule has 5 rings (SSSR count). The van der Waals surface area contributed by atoms with Crippen LogP contribution in [-0.4, -0.2) is 45.0 Å². The average Bonchev–Trinajstić information content (AvgIpc) is 3.51. The summed E-state index contributed by atoms with van der Waals surface area (Å²) in [5, 5.41) is 9.19. The van der Waals surface area contributed by atoms with E-state index in [2.05, 4.69) is 34.1 Å². The topological polar surface area (TPSA) is 71.5 Å². The summed E-state index contributed by atoms with van der Waals surface area (Å²) in [4.78, 5) is 21.1. The van der Waals surface area contributed by atoms with Crippen LogP contribution in [0.25, 0.3) is 33.8 Å². The summed E-state index contributed by atoms with van der Waals surface area (Å²) in [7, 11) is 1.77. The molecule has 7 heteroatoms. The molecule has 2 aromatic heterocycles. The lowest BCUT2D eigenvalue weighted by Crippen LogP contribution is -2.19. The number of hydrogen-bond acceptors (Lipinski definition) is 6. The lowest BCUT2D eigenvalue weighted by atomic mass is 10.1. The fourth-order valence-electron chi connectivity index (χ4n) is 4.37. The molecular formula is C26H27N3O3S. The fourth-order valence-corrected chi connectivity index (χ4v) is 5.17. The van der Waals surface area contributed by atoms with Gasteiger partial charge in [-0.3, -0.25) is 9.69 Å². The molecule has 0 spiro atoms. The van der Waals surface area contributed by atoms with E-state index in [0.717, 1.165) is 28.3 Å². The van der Waals surface area contributed by atoms with Gasteiger partial charge in [0.2, 0.25) is 5.89 Å². The van der Waals surface area contributed by atoms with Crippen molar-refractivity contribution in [1.82, 2.24) is 14.5 Å². The van der Waals surface area contributed by atoms with Crippen molar-refractivity contribution >= 4 is 22.9 Å². The second kappa shape index (κ2) is 9.55. The Hall–Kier alpha value is -2.87. The molecule has 0 atom stereocenters. The van der Waals surface area contributed by atoms with Gasteiger partial charge < -0.3 is 14.1 Å². The van der Waals surface area contributed by atoms with Crippen LogP contribution in [0.15, 0.2) is 68.7 Å². The quantitative estimate of drug-likeness (QED) is 0.408. The highest BCUT2D eigenvalue weighted by Gasteiger charge is 2.18. The number of fused-ring (bicyclic) bond motifs is 1. The van der Waals surface area contributed by atoms with E-state index in [9.17, 15) is 9.90 Å². The Morgan fingerprint density at radius 1 is 1.09 bits per heavy atom. The Morgan fingerprint density at radius 3 is 2.61 bits per heavy atom. The fraction of sp³-hybridized carbons (Fsp3) is 0.308. The average molecular weight is 462 g/mol. The Balaban J connectivity index is 1.49. The molecule has 33 heavy (non-hydrogen) atoms. The van der Waals surface area contributed by atoms with Gasteiger partial charge in [0.05, 0.1) is 17.9 Å². The van der Waals surface area contributed by atoms with Crippen LogP contribution in [0.3, 0.4) is 0 Å². The molecule has 170 valence electrons. The van der Waals surface area contributed by atoms with E-state index in [4.69, 9.17) is 4.42 Å². The van der Waals surface area contributed by atoms with Crippen LogP contribution in [0, 0.1) is 0 Å². The second-order valence-electron chi connectivity index (χ2n) is 8.37. The van der Waals surface area contributed by atoms with Crippen LogP contribution >= 0.6 is 11.8 Å². The second-order valence-corrected chi connectivity index (χ2v) is 9.51. The van der Waals surface area contributed by atoms with Gasteiger partial charge >= 0.3 is 0 Å². The first-order chi connectivity index (χ1) is 16.1. The van der Waals surface area contributed by atoms with Crippen molar-refractivity contribution in [2.75, 3.05) is 25.4 Å². The molecule has 1 aliphatic heterocycles. The monoisotopic (exact) mass is 461 g/mol. The number of benzene rings is 2. The predicted octanol–water partition coefficient (Wildman–Crippen LogP) is 4.54. The Morgan fingerprint density at radius 2 is 1.85 bits per heavy atom. The van der Waals surface area contributed by atoms with Gasteiger partial charge in [-0.1, -0.05) is 36.4 Å². The largest absolute Gasteiger partial charge is 0.436 e. The molecule has 4 aromatic rings. The summed E-state index contributed by atoms with van der Waals surface area (Å²) in [5.74, 6) is 0.998. The third-order valence-electron chi connectivity index (χ3n) is 6.11. The molecule has 1 fully saturated rings. The lowest BCUT2D eigenvalue weighted by Gasteiger charge is -2.15. The molecule has 1 N–H and O–H groups in total. The summed E-state index contributed by atoms with van der Waals surface area (Å²) in [6, 6.07) is 18.1. The number of oxazole rings is 1. The number of pyridine rings is 1. The lowest BCUT2D eigenvalue weighted by molar-refractivity contribution is 0.322. The predicted molar refractivity (Wildman–Crippen MR) is 132 cm³/mol.